The molecule has 1 fully saturated rings. The van der Waals surface area contributed by atoms with Gasteiger partial charge in [0.2, 0.25) is 0 Å². The molecule has 1 aromatic rings. The van der Waals surface area contributed by atoms with Crippen LogP contribution < -0.4 is 9.80 Å². The number of aliphatic hydroxyl groups is 2. The monoisotopic (exact) mass is 330 g/mol. The molecule has 1 saturated heterocycles. The summed E-state index contributed by atoms with van der Waals surface area (Å²) < 4.78 is 5.58. The summed E-state index contributed by atoms with van der Waals surface area (Å²) >= 11 is 5.84. The van der Waals surface area contributed by atoms with Crippen molar-refractivity contribution in [3.05, 3.63) is 34.9 Å². The van der Waals surface area contributed by atoms with Gasteiger partial charge in [-0.05, 0) is 17.7 Å². The highest BCUT2D eigenvalue weighted by atomic mass is 35.5. The van der Waals surface area contributed by atoms with Gasteiger partial charge in [0.15, 0.2) is 0 Å². The molecule has 0 saturated carbocycles. The molecule has 1 atom stereocenters. The zero-order chi connectivity index (χ0) is 15.8. The minimum absolute atomic E-state index is 0.256. The van der Waals surface area contributed by atoms with Gasteiger partial charge >= 0.3 is 0 Å². The standard InChI is InChI=1S/C16H25ClN2O3/c17-15-3-1-14(2-4-15)12-22-13-16(21)11-19-7-5-18(6-8-19)9-10-20/h1-4,16,20-21H,5-13H2/p+2/t16-/m0/s1. The average molecular weight is 331 g/mol. The van der Waals surface area contributed by atoms with Crippen LogP contribution in [0.5, 0.6) is 0 Å². The first-order valence-corrected chi connectivity index (χ1v) is 8.33. The van der Waals surface area contributed by atoms with Crippen LogP contribution in [-0.4, -0.2) is 68.8 Å². The third-order valence-corrected chi connectivity index (χ3v) is 4.40. The summed E-state index contributed by atoms with van der Waals surface area (Å²) in [5.41, 5.74) is 1.06. The molecule has 4 N–H and O–H groups in total. The van der Waals surface area contributed by atoms with Crippen molar-refractivity contribution >= 4 is 11.6 Å². The number of piperazine rings is 1. The summed E-state index contributed by atoms with van der Waals surface area (Å²) in [5, 5.41) is 19.7. The number of quaternary nitrogens is 2. The van der Waals surface area contributed by atoms with Crippen molar-refractivity contribution in [3.63, 3.8) is 0 Å². The van der Waals surface area contributed by atoms with Crippen LogP contribution in [0.2, 0.25) is 5.02 Å². The Balaban J connectivity index is 1.60. The summed E-state index contributed by atoms with van der Waals surface area (Å²) in [6.45, 7) is 6.89. The van der Waals surface area contributed by atoms with Gasteiger partial charge < -0.3 is 24.7 Å². The van der Waals surface area contributed by atoms with E-state index in [1.54, 1.807) is 0 Å². The van der Waals surface area contributed by atoms with Crippen molar-refractivity contribution in [1.29, 1.82) is 0 Å². The molecule has 1 aliphatic rings. The molecule has 124 valence electrons. The molecule has 1 heterocycles. The number of aliphatic hydroxyl groups excluding tert-OH is 2. The van der Waals surface area contributed by atoms with Crippen molar-refractivity contribution in [2.24, 2.45) is 0 Å². The molecule has 0 radical (unpaired) electrons. The van der Waals surface area contributed by atoms with Gasteiger partial charge in [0, 0.05) is 5.02 Å². The zero-order valence-electron chi connectivity index (χ0n) is 12.9. The van der Waals surface area contributed by atoms with Crippen LogP contribution in [0, 0.1) is 0 Å². The topological polar surface area (TPSA) is 58.6 Å². The first kappa shape index (κ1) is 17.7. The van der Waals surface area contributed by atoms with Gasteiger partial charge in [-0.15, -0.1) is 0 Å². The lowest BCUT2D eigenvalue weighted by Gasteiger charge is -2.30. The van der Waals surface area contributed by atoms with E-state index in [0.717, 1.165) is 49.9 Å². The maximum absolute atomic E-state index is 10.1. The fraction of sp³-hybridized carbons (Fsp3) is 0.625. The average Bonchev–Trinajstić information content (AvgIpc) is 2.51. The fourth-order valence-electron chi connectivity index (χ4n) is 2.85. The highest BCUT2D eigenvalue weighted by Gasteiger charge is 2.24. The second kappa shape index (κ2) is 9.45. The molecular formula is C16H27ClN2O3+2. The molecular weight excluding hydrogens is 304 g/mol. The molecule has 0 aliphatic carbocycles. The molecule has 1 aromatic carbocycles. The summed E-state index contributed by atoms with van der Waals surface area (Å²) in [7, 11) is 0. The molecule has 0 aromatic heterocycles. The lowest BCUT2D eigenvalue weighted by Crippen LogP contribution is -3.28. The van der Waals surface area contributed by atoms with Crippen molar-refractivity contribution < 1.29 is 24.7 Å². The van der Waals surface area contributed by atoms with Crippen molar-refractivity contribution in [2.75, 3.05) is 52.5 Å². The maximum Gasteiger partial charge on any atom is 0.127 e. The number of hydrogen-bond donors (Lipinski definition) is 4. The Kier molecular flexibility index (Phi) is 7.59. The summed E-state index contributed by atoms with van der Waals surface area (Å²) in [5.74, 6) is 0. The number of rotatable bonds is 8. The smallest absolute Gasteiger partial charge is 0.127 e. The number of hydrogen-bond acceptors (Lipinski definition) is 3. The number of nitrogens with one attached hydrogen (secondary N) is 2. The van der Waals surface area contributed by atoms with Gasteiger partial charge in [-0.25, -0.2) is 0 Å². The molecule has 0 amide bonds. The van der Waals surface area contributed by atoms with Gasteiger partial charge in [-0.2, -0.15) is 0 Å². The number of ether oxygens (including phenoxy) is 1. The predicted octanol–water partition coefficient (Wildman–Crippen LogP) is -2.01. The summed E-state index contributed by atoms with van der Waals surface area (Å²) in [6.07, 6.45) is -0.429. The van der Waals surface area contributed by atoms with Crippen LogP contribution in [-0.2, 0) is 11.3 Å². The first-order chi connectivity index (χ1) is 10.7. The Bertz CT molecular complexity index is 422. The second-order valence-electron chi connectivity index (χ2n) is 5.97. The highest BCUT2D eigenvalue weighted by Crippen LogP contribution is 2.10. The van der Waals surface area contributed by atoms with Crippen LogP contribution in [0.3, 0.4) is 0 Å². The molecule has 5 nitrogen and oxygen atoms in total. The van der Waals surface area contributed by atoms with Crippen LogP contribution >= 0.6 is 11.6 Å². The lowest BCUT2D eigenvalue weighted by molar-refractivity contribution is -1.01. The van der Waals surface area contributed by atoms with Crippen LogP contribution in [0.4, 0.5) is 0 Å². The van der Waals surface area contributed by atoms with Crippen LogP contribution in [0.25, 0.3) is 0 Å². The quantitative estimate of drug-likeness (QED) is 0.446. The van der Waals surface area contributed by atoms with E-state index in [1.165, 1.54) is 9.80 Å². The SMILES string of the molecule is OCC[NH+]1CC[NH+](C[C@H](O)COCc2ccc(Cl)cc2)CC1. The van der Waals surface area contributed by atoms with E-state index in [4.69, 9.17) is 21.4 Å². The maximum atomic E-state index is 10.1. The van der Waals surface area contributed by atoms with Gasteiger partial charge in [0.05, 0.1) is 19.8 Å². The highest BCUT2D eigenvalue weighted by molar-refractivity contribution is 6.30. The van der Waals surface area contributed by atoms with Crippen molar-refractivity contribution in [1.82, 2.24) is 0 Å². The normalized spacial score (nSPS) is 23.4. The summed E-state index contributed by atoms with van der Waals surface area (Å²) in [4.78, 5) is 2.88. The number of halogens is 1. The molecule has 0 bridgehead atoms. The van der Waals surface area contributed by atoms with Crippen LogP contribution in [0.15, 0.2) is 24.3 Å². The van der Waals surface area contributed by atoms with E-state index >= 15 is 0 Å². The summed E-state index contributed by atoms with van der Waals surface area (Å²) in [6, 6.07) is 7.55. The molecule has 2 rings (SSSR count). The van der Waals surface area contributed by atoms with Crippen LogP contribution in [0.1, 0.15) is 5.56 Å². The molecule has 0 spiro atoms. The van der Waals surface area contributed by atoms with Gasteiger partial charge in [-0.3, -0.25) is 0 Å². The minimum atomic E-state index is -0.429. The Morgan fingerprint density at radius 2 is 1.73 bits per heavy atom. The third-order valence-electron chi connectivity index (χ3n) is 4.15. The van der Waals surface area contributed by atoms with Gasteiger partial charge in [0.25, 0.3) is 0 Å². The Labute approximate surface area is 137 Å². The zero-order valence-corrected chi connectivity index (χ0v) is 13.7. The molecule has 0 unspecified atom stereocenters. The Morgan fingerprint density at radius 3 is 2.36 bits per heavy atom. The third kappa shape index (κ3) is 6.20. The molecule has 22 heavy (non-hydrogen) atoms. The number of benzene rings is 1. The van der Waals surface area contributed by atoms with Gasteiger partial charge in [-0.1, -0.05) is 23.7 Å². The largest absolute Gasteiger partial charge is 0.391 e. The minimum Gasteiger partial charge on any atom is -0.391 e. The van der Waals surface area contributed by atoms with Crippen molar-refractivity contribution in [3.8, 4) is 0 Å². The Morgan fingerprint density at radius 1 is 1.09 bits per heavy atom. The molecule has 6 heteroatoms. The van der Waals surface area contributed by atoms with E-state index in [1.807, 2.05) is 24.3 Å². The van der Waals surface area contributed by atoms with E-state index in [-0.39, 0.29) is 6.61 Å². The Hall–Kier alpha value is -0.690. The lowest BCUT2D eigenvalue weighted by atomic mass is 10.2. The second-order valence-corrected chi connectivity index (χ2v) is 6.41. The van der Waals surface area contributed by atoms with Gasteiger partial charge in [0.1, 0.15) is 45.4 Å². The van der Waals surface area contributed by atoms with Crippen molar-refractivity contribution in [2.45, 2.75) is 12.7 Å². The molecule has 1 aliphatic heterocycles. The van der Waals surface area contributed by atoms with E-state index in [9.17, 15) is 5.11 Å². The van der Waals surface area contributed by atoms with E-state index < -0.39 is 6.10 Å². The first-order valence-electron chi connectivity index (χ1n) is 7.95. The fourth-order valence-corrected chi connectivity index (χ4v) is 2.98. The predicted molar refractivity (Wildman–Crippen MR) is 85.3 cm³/mol. The van der Waals surface area contributed by atoms with E-state index in [0.29, 0.717) is 13.2 Å². The van der Waals surface area contributed by atoms with E-state index in [2.05, 4.69) is 0 Å².